The molecular formula is C16H31N2O7P. The highest BCUT2D eigenvalue weighted by Gasteiger charge is 2.24. The predicted molar refractivity (Wildman–Crippen MR) is 97.2 cm³/mol. The molecule has 0 heterocycles. The third kappa shape index (κ3) is 13.0. The lowest BCUT2D eigenvalue weighted by Gasteiger charge is -2.26. The van der Waals surface area contributed by atoms with Gasteiger partial charge in [-0.2, -0.15) is 0 Å². The quantitative estimate of drug-likeness (QED) is 0.259. The second-order valence-corrected chi connectivity index (χ2v) is 7.77. The van der Waals surface area contributed by atoms with Gasteiger partial charge in [-0.15, -0.1) is 0 Å². The maximum Gasteiger partial charge on any atom is 0.306 e. The summed E-state index contributed by atoms with van der Waals surface area (Å²) in [7, 11) is 2.83. The van der Waals surface area contributed by atoms with E-state index in [1.165, 1.54) is 21.3 Å². The van der Waals surface area contributed by atoms with Crippen molar-refractivity contribution in [3.05, 3.63) is 0 Å². The van der Waals surface area contributed by atoms with E-state index in [0.717, 1.165) is 0 Å². The van der Waals surface area contributed by atoms with Gasteiger partial charge in [-0.1, -0.05) is 13.8 Å². The van der Waals surface area contributed by atoms with Crippen LogP contribution in [0.25, 0.3) is 0 Å². The van der Waals surface area contributed by atoms with Crippen molar-refractivity contribution in [3.8, 4) is 0 Å². The van der Waals surface area contributed by atoms with Crippen molar-refractivity contribution in [2.45, 2.75) is 39.5 Å². The van der Waals surface area contributed by atoms with Gasteiger partial charge >= 0.3 is 11.9 Å². The lowest BCUT2D eigenvalue weighted by molar-refractivity contribution is -0.141. The normalized spacial score (nSPS) is 12.3. The molecular weight excluding hydrogens is 363 g/mol. The summed E-state index contributed by atoms with van der Waals surface area (Å²) in [5.74, 6) is -0.711. The molecule has 0 bridgehead atoms. The Morgan fingerprint density at radius 1 is 0.962 bits per heavy atom. The number of carbonyl (C=O) groups is 3. The Bertz CT molecular complexity index is 446. The highest BCUT2D eigenvalue weighted by Crippen LogP contribution is 2.35. The molecule has 152 valence electrons. The fraction of sp³-hybridized carbons (Fsp3) is 0.812. The van der Waals surface area contributed by atoms with Crippen LogP contribution in [0.5, 0.6) is 0 Å². The van der Waals surface area contributed by atoms with Gasteiger partial charge < -0.3 is 23.8 Å². The molecule has 10 heteroatoms. The molecule has 1 amide bonds. The smallest absolute Gasteiger partial charge is 0.306 e. The lowest BCUT2D eigenvalue weighted by atomic mass is 9.90. The van der Waals surface area contributed by atoms with Crippen molar-refractivity contribution in [1.82, 2.24) is 10.4 Å². The van der Waals surface area contributed by atoms with Crippen LogP contribution >= 0.6 is 8.53 Å². The number of hydrogen-bond donors (Lipinski definition) is 2. The van der Waals surface area contributed by atoms with E-state index in [1.807, 2.05) is 13.8 Å². The minimum Gasteiger partial charge on any atom is -0.469 e. The Balaban J connectivity index is 4.07. The molecule has 1 unspecified atom stereocenters. The van der Waals surface area contributed by atoms with Gasteiger partial charge in [0, 0.05) is 33.0 Å². The van der Waals surface area contributed by atoms with E-state index >= 15 is 0 Å². The summed E-state index contributed by atoms with van der Waals surface area (Å²) >= 11 is 0. The summed E-state index contributed by atoms with van der Waals surface area (Å²) in [6.07, 6.45) is 1.31. The van der Waals surface area contributed by atoms with Crippen LogP contribution < -0.4 is 10.4 Å². The number of ether oxygens (including phenoxy) is 2. The fourth-order valence-corrected chi connectivity index (χ4v) is 2.95. The number of methoxy groups -OCH3 is 2. The second-order valence-electron chi connectivity index (χ2n) is 6.32. The maximum absolute atomic E-state index is 12.0. The number of hydrogen-bond acceptors (Lipinski definition) is 8. The molecule has 2 N–H and O–H groups in total. The van der Waals surface area contributed by atoms with Crippen LogP contribution in [0.15, 0.2) is 0 Å². The van der Waals surface area contributed by atoms with E-state index < -0.39 is 13.9 Å². The van der Waals surface area contributed by atoms with Crippen LogP contribution in [0.4, 0.5) is 0 Å². The standard InChI is InChI=1S/C16H31N2O7P/c1-16(2,11-13(19)17-9-6-7-14(20)22-3)12-25-26(24-5)18-10-8-15(21)23-4/h18H,6-12H2,1-5H3,(H,17,19). The van der Waals surface area contributed by atoms with Crippen LogP contribution in [0.2, 0.25) is 0 Å². The van der Waals surface area contributed by atoms with E-state index in [4.69, 9.17) is 9.05 Å². The van der Waals surface area contributed by atoms with Gasteiger partial charge in [0.25, 0.3) is 8.53 Å². The van der Waals surface area contributed by atoms with Crippen molar-refractivity contribution < 1.29 is 32.9 Å². The number of nitrogens with one attached hydrogen (secondary N) is 2. The first-order valence-electron chi connectivity index (χ1n) is 8.35. The summed E-state index contributed by atoms with van der Waals surface area (Å²) in [4.78, 5) is 34.1. The van der Waals surface area contributed by atoms with Gasteiger partial charge in [-0.3, -0.25) is 14.4 Å². The van der Waals surface area contributed by atoms with Crippen molar-refractivity contribution in [2.75, 3.05) is 41.0 Å². The molecule has 26 heavy (non-hydrogen) atoms. The zero-order valence-corrected chi connectivity index (χ0v) is 17.1. The fourth-order valence-electron chi connectivity index (χ4n) is 1.86. The molecule has 0 saturated carbocycles. The van der Waals surface area contributed by atoms with Crippen molar-refractivity contribution in [1.29, 1.82) is 0 Å². The highest BCUT2D eigenvalue weighted by molar-refractivity contribution is 7.44. The van der Waals surface area contributed by atoms with Gasteiger partial charge in [-0.25, -0.2) is 5.09 Å². The SMILES string of the molecule is COC(=O)CCCNC(=O)CC(C)(C)COP(NCCC(=O)OC)OC. The minimum absolute atomic E-state index is 0.108. The number of rotatable bonds is 14. The van der Waals surface area contributed by atoms with Crippen molar-refractivity contribution in [3.63, 3.8) is 0 Å². The van der Waals surface area contributed by atoms with Gasteiger partial charge in [0.15, 0.2) is 0 Å². The lowest BCUT2D eigenvalue weighted by Crippen LogP contribution is -2.32. The van der Waals surface area contributed by atoms with Crippen LogP contribution in [-0.2, 0) is 32.9 Å². The summed E-state index contributed by atoms with van der Waals surface area (Å²) in [5.41, 5.74) is -0.393. The highest BCUT2D eigenvalue weighted by atomic mass is 31.2. The molecule has 0 aromatic carbocycles. The molecule has 0 aromatic rings. The van der Waals surface area contributed by atoms with Crippen LogP contribution in [0.3, 0.4) is 0 Å². The number of carbonyl (C=O) groups excluding carboxylic acids is 3. The molecule has 0 radical (unpaired) electrons. The summed E-state index contributed by atoms with van der Waals surface area (Å²) < 4.78 is 20.0. The van der Waals surface area contributed by atoms with Crippen LogP contribution in [0, 0.1) is 5.41 Å². The van der Waals surface area contributed by atoms with Crippen molar-refractivity contribution >= 4 is 26.4 Å². The molecule has 0 aromatic heterocycles. The Morgan fingerprint density at radius 2 is 1.58 bits per heavy atom. The molecule has 0 aliphatic rings. The maximum atomic E-state index is 12.0. The molecule has 0 aliphatic carbocycles. The third-order valence-electron chi connectivity index (χ3n) is 3.28. The Morgan fingerprint density at radius 3 is 2.15 bits per heavy atom. The molecule has 0 fully saturated rings. The van der Waals surface area contributed by atoms with Gasteiger partial charge in [0.05, 0.1) is 27.2 Å². The van der Waals surface area contributed by atoms with E-state index in [1.54, 1.807) is 0 Å². The molecule has 9 nitrogen and oxygen atoms in total. The summed E-state index contributed by atoms with van der Waals surface area (Å²) in [5, 5.41) is 5.77. The third-order valence-corrected chi connectivity index (χ3v) is 4.46. The second kappa shape index (κ2) is 13.9. The van der Waals surface area contributed by atoms with E-state index in [-0.39, 0.29) is 37.1 Å². The average Bonchev–Trinajstić information content (AvgIpc) is 2.60. The summed E-state index contributed by atoms with van der Waals surface area (Å²) in [6.45, 7) is 4.95. The first kappa shape index (κ1) is 24.7. The molecule has 1 atom stereocenters. The van der Waals surface area contributed by atoms with Crippen LogP contribution in [-0.4, -0.2) is 58.9 Å². The molecule has 0 spiro atoms. The van der Waals surface area contributed by atoms with E-state index in [9.17, 15) is 14.4 Å². The van der Waals surface area contributed by atoms with Gasteiger partial charge in [0.1, 0.15) is 0 Å². The first-order chi connectivity index (χ1) is 12.2. The van der Waals surface area contributed by atoms with Crippen LogP contribution in [0.1, 0.15) is 39.5 Å². The molecule has 0 aliphatic heterocycles. The Kier molecular flexibility index (Phi) is 13.2. The Labute approximate surface area is 156 Å². The van der Waals surface area contributed by atoms with Gasteiger partial charge in [-0.05, 0) is 11.8 Å². The molecule has 0 rings (SSSR count). The first-order valence-corrected chi connectivity index (χ1v) is 9.53. The minimum atomic E-state index is -1.35. The number of amides is 1. The predicted octanol–water partition coefficient (Wildman–Crippen LogP) is 1.51. The van der Waals surface area contributed by atoms with Gasteiger partial charge in [0.2, 0.25) is 5.91 Å². The Hall–Kier alpha value is -1.28. The van der Waals surface area contributed by atoms with Crippen molar-refractivity contribution in [2.24, 2.45) is 5.41 Å². The monoisotopic (exact) mass is 394 g/mol. The molecule has 0 saturated heterocycles. The zero-order chi connectivity index (χ0) is 20.0. The topological polar surface area (TPSA) is 112 Å². The van der Waals surface area contributed by atoms with E-state index in [2.05, 4.69) is 19.9 Å². The zero-order valence-electron chi connectivity index (χ0n) is 16.3. The largest absolute Gasteiger partial charge is 0.469 e. The van der Waals surface area contributed by atoms with E-state index in [0.29, 0.717) is 26.1 Å². The number of esters is 2. The average molecular weight is 394 g/mol. The summed E-state index contributed by atoms with van der Waals surface area (Å²) in [6, 6.07) is 0.